The molecule has 17 heavy (non-hydrogen) atoms. The number of hydrogen-bond donors (Lipinski definition) is 2. The summed E-state index contributed by atoms with van der Waals surface area (Å²) in [7, 11) is 0. The Labute approximate surface area is 104 Å². The largest absolute Gasteiger partial charge is 0.396 e. The van der Waals surface area contributed by atoms with E-state index in [0.717, 1.165) is 5.56 Å². The van der Waals surface area contributed by atoms with Crippen LogP contribution in [0.15, 0.2) is 18.2 Å². The first-order valence-corrected chi connectivity index (χ1v) is 6.49. The highest BCUT2D eigenvalue weighted by atomic mass is 32.2. The first kappa shape index (κ1) is 14.0. The maximum atomic E-state index is 13.0. The normalized spacial score (nSPS) is 10.3. The molecule has 3 nitrogen and oxygen atoms in total. The number of rotatable bonds is 6. The van der Waals surface area contributed by atoms with Gasteiger partial charge in [-0.15, -0.1) is 11.8 Å². The third kappa shape index (κ3) is 5.19. The Balaban J connectivity index is 2.34. The van der Waals surface area contributed by atoms with E-state index < -0.39 is 0 Å². The lowest BCUT2D eigenvalue weighted by molar-refractivity contribution is -0.118. The van der Waals surface area contributed by atoms with Gasteiger partial charge in [-0.1, -0.05) is 12.1 Å². The van der Waals surface area contributed by atoms with Gasteiger partial charge in [0.1, 0.15) is 5.82 Å². The van der Waals surface area contributed by atoms with Crippen molar-refractivity contribution in [2.75, 3.05) is 18.1 Å². The quantitative estimate of drug-likeness (QED) is 0.759. The second-order valence-electron chi connectivity index (χ2n) is 3.64. The van der Waals surface area contributed by atoms with Gasteiger partial charge in [-0.25, -0.2) is 4.39 Å². The van der Waals surface area contributed by atoms with Gasteiger partial charge < -0.3 is 10.4 Å². The number of hydrogen-bond acceptors (Lipinski definition) is 3. The van der Waals surface area contributed by atoms with Crippen LogP contribution >= 0.6 is 11.8 Å². The van der Waals surface area contributed by atoms with Crippen molar-refractivity contribution in [1.82, 2.24) is 5.32 Å². The molecule has 1 rings (SSSR count). The van der Waals surface area contributed by atoms with Crippen LogP contribution in [0.25, 0.3) is 0 Å². The van der Waals surface area contributed by atoms with E-state index in [4.69, 9.17) is 5.11 Å². The number of thioether (sulfide) groups is 1. The number of aliphatic hydroxyl groups is 1. The van der Waals surface area contributed by atoms with E-state index in [0.29, 0.717) is 23.6 Å². The molecule has 0 saturated carbocycles. The molecule has 1 aromatic carbocycles. The van der Waals surface area contributed by atoms with Crippen LogP contribution in [0, 0.1) is 12.7 Å². The molecule has 2 N–H and O–H groups in total. The Hall–Kier alpha value is -1.07. The number of benzene rings is 1. The van der Waals surface area contributed by atoms with Crippen molar-refractivity contribution in [3.8, 4) is 0 Å². The average molecular weight is 257 g/mol. The molecule has 0 saturated heterocycles. The van der Waals surface area contributed by atoms with Crippen LogP contribution in [0.3, 0.4) is 0 Å². The third-order valence-corrected chi connectivity index (χ3v) is 3.12. The van der Waals surface area contributed by atoms with Crippen molar-refractivity contribution in [1.29, 1.82) is 0 Å². The van der Waals surface area contributed by atoms with Crippen molar-refractivity contribution < 1.29 is 14.3 Å². The molecule has 0 heterocycles. The minimum absolute atomic E-state index is 0.0783. The molecule has 0 aromatic heterocycles. The van der Waals surface area contributed by atoms with Crippen LogP contribution in [0.4, 0.5) is 4.39 Å². The molecule has 0 spiro atoms. The van der Waals surface area contributed by atoms with Crippen LogP contribution < -0.4 is 5.32 Å². The van der Waals surface area contributed by atoms with Crippen molar-refractivity contribution >= 4 is 17.7 Å². The molecule has 0 radical (unpaired) electrons. The van der Waals surface area contributed by atoms with Crippen molar-refractivity contribution in [3.05, 3.63) is 35.1 Å². The molecular formula is C12H16FNO2S. The molecule has 0 unspecified atom stereocenters. The molecule has 0 aliphatic rings. The molecule has 1 aromatic rings. The predicted octanol–water partition coefficient (Wildman–Crippen LogP) is 1.48. The Morgan fingerprint density at radius 3 is 2.94 bits per heavy atom. The van der Waals surface area contributed by atoms with Crippen LogP contribution in [0.5, 0.6) is 0 Å². The second-order valence-corrected chi connectivity index (χ2v) is 4.74. The average Bonchev–Trinajstić information content (AvgIpc) is 2.31. The monoisotopic (exact) mass is 257 g/mol. The topological polar surface area (TPSA) is 49.3 Å². The summed E-state index contributed by atoms with van der Waals surface area (Å²) in [6, 6.07) is 4.78. The SMILES string of the molecule is Cc1cc(CNC(=O)CSCCO)ccc1F. The van der Waals surface area contributed by atoms with Crippen molar-refractivity contribution in [3.63, 3.8) is 0 Å². The zero-order valence-corrected chi connectivity index (χ0v) is 10.5. The van der Waals surface area contributed by atoms with E-state index in [1.165, 1.54) is 17.8 Å². The molecule has 94 valence electrons. The highest BCUT2D eigenvalue weighted by Crippen LogP contribution is 2.09. The first-order valence-electron chi connectivity index (χ1n) is 5.34. The smallest absolute Gasteiger partial charge is 0.230 e. The van der Waals surface area contributed by atoms with Gasteiger partial charge in [0.2, 0.25) is 5.91 Å². The maximum Gasteiger partial charge on any atom is 0.230 e. The van der Waals surface area contributed by atoms with Crippen LogP contribution in [-0.4, -0.2) is 29.1 Å². The van der Waals surface area contributed by atoms with E-state index in [1.54, 1.807) is 19.1 Å². The van der Waals surface area contributed by atoms with Crippen LogP contribution in [0.2, 0.25) is 0 Å². The molecule has 0 atom stereocenters. The zero-order chi connectivity index (χ0) is 12.7. The molecular weight excluding hydrogens is 241 g/mol. The zero-order valence-electron chi connectivity index (χ0n) is 9.70. The summed E-state index contributed by atoms with van der Waals surface area (Å²) in [5.74, 6) is 0.577. The Bertz CT molecular complexity index is 385. The van der Waals surface area contributed by atoms with Gasteiger partial charge in [-0.2, -0.15) is 0 Å². The lowest BCUT2D eigenvalue weighted by Gasteiger charge is -2.06. The number of aliphatic hydroxyl groups excluding tert-OH is 1. The van der Waals surface area contributed by atoms with Crippen molar-refractivity contribution in [2.24, 2.45) is 0 Å². The van der Waals surface area contributed by atoms with Crippen molar-refractivity contribution in [2.45, 2.75) is 13.5 Å². The van der Waals surface area contributed by atoms with E-state index >= 15 is 0 Å². The highest BCUT2D eigenvalue weighted by molar-refractivity contribution is 7.99. The summed E-state index contributed by atoms with van der Waals surface area (Å²) < 4.78 is 13.0. The number of halogens is 1. The molecule has 0 fully saturated rings. The molecule has 0 aliphatic carbocycles. The highest BCUT2D eigenvalue weighted by Gasteiger charge is 2.03. The molecule has 5 heteroatoms. The number of nitrogens with one attached hydrogen (secondary N) is 1. The fourth-order valence-electron chi connectivity index (χ4n) is 1.30. The fraction of sp³-hybridized carbons (Fsp3) is 0.417. The maximum absolute atomic E-state index is 13.0. The van der Waals surface area contributed by atoms with Gasteiger partial charge >= 0.3 is 0 Å². The Morgan fingerprint density at radius 2 is 2.29 bits per heavy atom. The number of aryl methyl sites for hydroxylation is 1. The van der Waals surface area contributed by atoms with Gasteiger partial charge in [0, 0.05) is 12.3 Å². The number of carbonyl (C=O) groups is 1. The Kier molecular flexibility index (Phi) is 6.00. The predicted molar refractivity (Wildman–Crippen MR) is 67.4 cm³/mol. The molecule has 0 aliphatic heterocycles. The van der Waals surface area contributed by atoms with E-state index in [2.05, 4.69) is 5.32 Å². The van der Waals surface area contributed by atoms with E-state index in [9.17, 15) is 9.18 Å². The molecule has 0 bridgehead atoms. The summed E-state index contributed by atoms with van der Waals surface area (Å²) >= 11 is 1.38. The minimum Gasteiger partial charge on any atom is -0.396 e. The summed E-state index contributed by atoms with van der Waals surface area (Å²) in [6.07, 6.45) is 0. The standard InChI is InChI=1S/C12H16FNO2S/c1-9-6-10(2-3-11(9)13)7-14-12(16)8-17-5-4-15/h2-3,6,15H,4-5,7-8H2,1H3,(H,14,16). The lowest BCUT2D eigenvalue weighted by atomic mass is 10.1. The Morgan fingerprint density at radius 1 is 1.53 bits per heavy atom. The van der Waals surface area contributed by atoms with Gasteiger partial charge in [-0.3, -0.25) is 4.79 Å². The van der Waals surface area contributed by atoms with E-state index in [1.807, 2.05) is 0 Å². The van der Waals surface area contributed by atoms with Crippen LogP contribution in [-0.2, 0) is 11.3 Å². The van der Waals surface area contributed by atoms with Gasteiger partial charge in [-0.05, 0) is 24.1 Å². The van der Waals surface area contributed by atoms with Gasteiger partial charge in [0.25, 0.3) is 0 Å². The second kappa shape index (κ2) is 7.29. The number of amides is 1. The number of carbonyl (C=O) groups excluding carboxylic acids is 1. The fourth-order valence-corrected chi connectivity index (χ4v) is 1.86. The van der Waals surface area contributed by atoms with Gasteiger partial charge in [0.05, 0.1) is 12.4 Å². The third-order valence-electron chi connectivity index (χ3n) is 2.18. The lowest BCUT2D eigenvalue weighted by Crippen LogP contribution is -2.24. The minimum atomic E-state index is -0.237. The summed E-state index contributed by atoms with van der Waals surface area (Å²) in [6.45, 7) is 2.17. The van der Waals surface area contributed by atoms with E-state index in [-0.39, 0.29) is 18.3 Å². The summed E-state index contributed by atoms with van der Waals surface area (Å²) in [5, 5.41) is 11.3. The summed E-state index contributed by atoms with van der Waals surface area (Å²) in [5.41, 5.74) is 1.45. The first-order chi connectivity index (χ1) is 8.13. The summed E-state index contributed by atoms with van der Waals surface area (Å²) in [4.78, 5) is 11.4. The van der Waals surface area contributed by atoms with Gasteiger partial charge in [0.15, 0.2) is 0 Å². The van der Waals surface area contributed by atoms with Crippen LogP contribution in [0.1, 0.15) is 11.1 Å². The molecule has 1 amide bonds.